The first kappa shape index (κ1) is 12.6. The number of nitrogens with two attached hydrogens (primary N) is 2. The molecule has 0 spiro atoms. The number of anilines is 1. The number of carbonyl (C=O) groups is 1. The minimum atomic E-state index is -0.352. The molecule has 4 nitrogen and oxygen atoms in total. The molecule has 4 N–H and O–H groups in total. The molecule has 1 aromatic rings. The molecule has 1 atom stereocenters. The molecule has 1 heterocycles. The number of nitrogens with zero attached hydrogens (tertiary/aromatic N) is 1. The number of aromatic nitrogens is 1. The normalized spacial score (nSPS) is 12.4. The average Bonchev–Trinajstić information content (AvgIpc) is 2.25. The van der Waals surface area contributed by atoms with Gasteiger partial charge in [0.1, 0.15) is 5.82 Å². The van der Waals surface area contributed by atoms with Gasteiger partial charge in [0, 0.05) is 12.6 Å². The van der Waals surface area contributed by atoms with Crippen LogP contribution in [0.25, 0.3) is 0 Å². The molecule has 0 bridgehead atoms. The van der Waals surface area contributed by atoms with Crippen molar-refractivity contribution >= 4 is 11.6 Å². The number of rotatable bonds is 6. The Balaban J connectivity index is 2.50. The number of hydrogen-bond acceptors (Lipinski definition) is 4. The number of unbranched alkanes of at least 4 members (excludes halogenated alkanes) is 1. The van der Waals surface area contributed by atoms with E-state index in [1.54, 1.807) is 18.3 Å². The summed E-state index contributed by atoms with van der Waals surface area (Å²) >= 11 is 0. The quantitative estimate of drug-likeness (QED) is 0.758. The van der Waals surface area contributed by atoms with E-state index in [0.717, 1.165) is 24.8 Å². The first-order valence-corrected chi connectivity index (χ1v) is 5.62. The van der Waals surface area contributed by atoms with E-state index in [2.05, 4.69) is 11.9 Å². The van der Waals surface area contributed by atoms with Crippen molar-refractivity contribution in [2.75, 3.05) is 5.73 Å². The summed E-state index contributed by atoms with van der Waals surface area (Å²) in [5.74, 6) is 0.506. The van der Waals surface area contributed by atoms with Gasteiger partial charge in [-0.1, -0.05) is 19.8 Å². The lowest BCUT2D eigenvalue weighted by atomic mass is 10.0. The fraction of sp³-hybridized carbons (Fsp3) is 0.500. The SMILES string of the molecule is CCCCC(N)C(=O)Cc1ccnc(N)c1. The summed E-state index contributed by atoms with van der Waals surface area (Å²) in [6.45, 7) is 2.08. The molecule has 88 valence electrons. The molecule has 1 aromatic heterocycles. The maximum atomic E-state index is 11.7. The van der Waals surface area contributed by atoms with E-state index in [1.807, 2.05) is 0 Å². The van der Waals surface area contributed by atoms with Crippen LogP contribution in [0, 0.1) is 0 Å². The summed E-state index contributed by atoms with van der Waals surface area (Å²) in [6.07, 6.45) is 4.76. The van der Waals surface area contributed by atoms with E-state index in [-0.39, 0.29) is 11.8 Å². The van der Waals surface area contributed by atoms with Crippen LogP contribution >= 0.6 is 0 Å². The first-order chi connectivity index (χ1) is 7.63. The van der Waals surface area contributed by atoms with E-state index in [9.17, 15) is 4.79 Å². The van der Waals surface area contributed by atoms with Crippen LogP contribution in [0.5, 0.6) is 0 Å². The average molecular weight is 221 g/mol. The maximum absolute atomic E-state index is 11.7. The highest BCUT2D eigenvalue weighted by atomic mass is 16.1. The van der Waals surface area contributed by atoms with E-state index >= 15 is 0 Å². The standard InChI is InChI=1S/C12H19N3O/c1-2-3-4-10(13)11(16)7-9-5-6-15-12(14)8-9/h5-6,8,10H,2-4,7,13H2,1H3,(H2,14,15). The Morgan fingerprint density at radius 3 is 2.94 bits per heavy atom. The summed E-state index contributed by atoms with van der Waals surface area (Å²) in [5, 5.41) is 0. The molecule has 0 saturated heterocycles. The minimum absolute atomic E-state index is 0.0686. The largest absolute Gasteiger partial charge is 0.384 e. The van der Waals surface area contributed by atoms with E-state index in [1.165, 1.54) is 0 Å². The highest BCUT2D eigenvalue weighted by Crippen LogP contribution is 2.07. The van der Waals surface area contributed by atoms with Crippen molar-refractivity contribution in [3.8, 4) is 0 Å². The molecule has 0 radical (unpaired) electrons. The third kappa shape index (κ3) is 3.98. The summed E-state index contributed by atoms with van der Waals surface area (Å²) in [4.78, 5) is 15.6. The summed E-state index contributed by atoms with van der Waals surface area (Å²) in [5.41, 5.74) is 12.2. The van der Waals surface area contributed by atoms with Crippen LogP contribution < -0.4 is 11.5 Å². The van der Waals surface area contributed by atoms with Gasteiger partial charge >= 0.3 is 0 Å². The molecule has 1 rings (SSSR count). The van der Waals surface area contributed by atoms with Gasteiger partial charge < -0.3 is 11.5 Å². The monoisotopic (exact) mass is 221 g/mol. The number of nitrogen functional groups attached to an aromatic ring is 1. The van der Waals surface area contributed by atoms with Crippen molar-refractivity contribution in [1.82, 2.24) is 4.98 Å². The Labute approximate surface area is 96.0 Å². The van der Waals surface area contributed by atoms with Crippen LogP contribution in [0.15, 0.2) is 18.3 Å². The second-order valence-electron chi connectivity index (χ2n) is 3.98. The molecule has 0 fully saturated rings. The first-order valence-electron chi connectivity index (χ1n) is 5.62. The minimum Gasteiger partial charge on any atom is -0.384 e. The van der Waals surface area contributed by atoms with Crippen molar-refractivity contribution in [2.24, 2.45) is 5.73 Å². The van der Waals surface area contributed by atoms with Crippen molar-refractivity contribution in [1.29, 1.82) is 0 Å². The Hall–Kier alpha value is -1.42. The lowest BCUT2D eigenvalue weighted by molar-refractivity contribution is -0.119. The molecule has 0 aromatic carbocycles. The molecule has 0 aliphatic carbocycles. The Morgan fingerprint density at radius 1 is 1.56 bits per heavy atom. The van der Waals surface area contributed by atoms with Crippen molar-refractivity contribution < 1.29 is 4.79 Å². The zero-order valence-corrected chi connectivity index (χ0v) is 9.65. The predicted octanol–water partition coefficient (Wildman–Crippen LogP) is 1.29. The third-order valence-corrected chi connectivity index (χ3v) is 2.51. The fourth-order valence-electron chi connectivity index (χ4n) is 1.52. The van der Waals surface area contributed by atoms with Crippen molar-refractivity contribution in [3.63, 3.8) is 0 Å². The van der Waals surface area contributed by atoms with E-state index in [0.29, 0.717) is 12.2 Å². The molecule has 4 heteroatoms. The van der Waals surface area contributed by atoms with Crippen LogP contribution in [0.4, 0.5) is 5.82 Å². The Bertz CT molecular complexity index is 352. The van der Waals surface area contributed by atoms with Gasteiger partial charge in [-0.15, -0.1) is 0 Å². The Kier molecular flexibility index (Phi) is 4.92. The van der Waals surface area contributed by atoms with Crippen molar-refractivity contribution in [3.05, 3.63) is 23.9 Å². The molecule has 16 heavy (non-hydrogen) atoms. The van der Waals surface area contributed by atoms with Gasteiger partial charge in [-0.05, 0) is 24.1 Å². The van der Waals surface area contributed by atoms with Gasteiger partial charge in [-0.2, -0.15) is 0 Å². The van der Waals surface area contributed by atoms with Gasteiger partial charge in [0.2, 0.25) is 0 Å². The van der Waals surface area contributed by atoms with Crippen LogP contribution in [0.1, 0.15) is 31.7 Å². The smallest absolute Gasteiger partial charge is 0.153 e. The van der Waals surface area contributed by atoms with Gasteiger partial charge in [-0.25, -0.2) is 4.98 Å². The topological polar surface area (TPSA) is 82.0 Å². The molecule has 0 amide bonds. The molecule has 0 aliphatic heterocycles. The van der Waals surface area contributed by atoms with E-state index < -0.39 is 0 Å². The fourth-order valence-corrected chi connectivity index (χ4v) is 1.52. The number of carbonyl (C=O) groups excluding carboxylic acids is 1. The van der Waals surface area contributed by atoms with Crippen molar-refractivity contribution in [2.45, 2.75) is 38.6 Å². The highest BCUT2D eigenvalue weighted by Gasteiger charge is 2.13. The maximum Gasteiger partial charge on any atom is 0.153 e. The molecule has 0 aliphatic rings. The van der Waals surface area contributed by atoms with E-state index in [4.69, 9.17) is 11.5 Å². The number of pyridine rings is 1. The molecule has 1 unspecified atom stereocenters. The van der Waals surface area contributed by atoms with Gasteiger partial charge in [0.05, 0.1) is 6.04 Å². The van der Waals surface area contributed by atoms with Gasteiger partial charge in [0.15, 0.2) is 5.78 Å². The van der Waals surface area contributed by atoms with Gasteiger partial charge in [-0.3, -0.25) is 4.79 Å². The van der Waals surface area contributed by atoms with Crippen LogP contribution in [0.2, 0.25) is 0 Å². The molecule has 0 saturated carbocycles. The number of ketones is 1. The van der Waals surface area contributed by atoms with Gasteiger partial charge in [0.25, 0.3) is 0 Å². The summed E-state index contributed by atoms with van der Waals surface area (Å²) < 4.78 is 0. The lowest BCUT2D eigenvalue weighted by Crippen LogP contribution is -2.31. The van der Waals surface area contributed by atoms with Crippen LogP contribution in [0.3, 0.4) is 0 Å². The summed E-state index contributed by atoms with van der Waals surface area (Å²) in [6, 6.07) is 3.15. The number of Topliss-reactive ketones (excluding diaryl/α,β-unsaturated/α-hetero) is 1. The van der Waals surface area contributed by atoms with Crippen LogP contribution in [-0.2, 0) is 11.2 Å². The zero-order chi connectivity index (χ0) is 12.0. The molecular formula is C12H19N3O. The third-order valence-electron chi connectivity index (χ3n) is 2.51. The second kappa shape index (κ2) is 6.23. The Morgan fingerprint density at radius 2 is 2.31 bits per heavy atom. The van der Waals surface area contributed by atoms with Crippen LogP contribution in [-0.4, -0.2) is 16.8 Å². The zero-order valence-electron chi connectivity index (χ0n) is 9.65. The second-order valence-corrected chi connectivity index (χ2v) is 3.98. The lowest BCUT2D eigenvalue weighted by Gasteiger charge is -2.09. The molecular weight excluding hydrogens is 202 g/mol. The highest BCUT2D eigenvalue weighted by molar-refractivity contribution is 5.85. The summed E-state index contributed by atoms with van der Waals surface area (Å²) in [7, 11) is 0. The number of hydrogen-bond donors (Lipinski definition) is 2. The predicted molar refractivity (Wildman–Crippen MR) is 64.9 cm³/mol.